The highest BCUT2D eigenvalue weighted by molar-refractivity contribution is 5.95. The van der Waals surface area contributed by atoms with Gasteiger partial charge in [0, 0.05) is 63.4 Å². The van der Waals surface area contributed by atoms with Gasteiger partial charge in [0.15, 0.2) is 0 Å². The fraction of sp³-hybridized carbons (Fsp3) is 0.250. The summed E-state index contributed by atoms with van der Waals surface area (Å²) < 4.78 is 12.6. The van der Waals surface area contributed by atoms with Crippen molar-refractivity contribution in [1.82, 2.24) is 34.8 Å². The molecule has 11 heteroatoms. The Balaban J connectivity index is 1.16. The highest BCUT2D eigenvalue weighted by Crippen LogP contribution is 2.27. The maximum Gasteiger partial charge on any atom is 0.270 e. The van der Waals surface area contributed by atoms with E-state index < -0.39 is 0 Å². The first-order valence-electron chi connectivity index (χ1n) is 11.3. The lowest BCUT2D eigenvalue weighted by Gasteiger charge is -2.28. The van der Waals surface area contributed by atoms with Crippen LogP contribution in [-0.2, 0) is 6.54 Å². The van der Waals surface area contributed by atoms with Crippen LogP contribution < -0.4 is 5.32 Å². The van der Waals surface area contributed by atoms with E-state index in [1.54, 1.807) is 20.0 Å². The minimum Gasteiger partial charge on any atom is -0.421 e. The van der Waals surface area contributed by atoms with Crippen LogP contribution in [0.2, 0.25) is 0 Å². The number of aryl methyl sites for hydroxylation is 2. The fourth-order valence-electron chi connectivity index (χ4n) is 4.28. The number of pyridine rings is 1. The summed E-state index contributed by atoms with van der Waals surface area (Å²) in [6, 6.07) is 9.73. The molecule has 6 rings (SSSR count). The summed E-state index contributed by atoms with van der Waals surface area (Å²) >= 11 is 0. The molecule has 0 saturated heterocycles. The Kier molecular flexibility index (Phi) is 5.02. The van der Waals surface area contributed by atoms with E-state index in [0.29, 0.717) is 55.4 Å². The summed E-state index contributed by atoms with van der Waals surface area (Å²) in [6.45, 7) is 5.92. The van der Waals surface area contributed by atoms with Gasteiger partial charge in [-0.1, -0.05) is 17.3 Å². The monoisotopic (exact) mass is 470 g/mol. The average Bonchev–Trinajstić information content (AvgIpc) is 3.60. The summed E-state index contributed by atoms with van der Waals surface area (Å²) in [5.41, 5.74) is 2.22. The molecular formula is C24H22N8O3. The normalized spacial score (nSPS) is 13.4. The number of aromatic nitrogens is 6. The molecule has 1 aliphatic heterocycles. The Morgan fingerprint density at radius 3 is 2.77 bits per heavy atom. The van der Waals surface area contributed by atoms with E-state index in [4.69, 9.17) is 8.94 Å². The Hall–Kier alpha value is -4.54. The molecule has 0 spiro atoms. The lowest BCUT2D eigenvalue weighted by Crippen LogP contribution is -2.42. The Morgan fingerprint density at radius 2 is 1.97 bits per heavy atom. The number of benzene rings is 1. The van der Waals surface area contributed by atoms with Crippen LogP contribution in [0.4, 0.5) is 5.82 Å². The van der Waals surface area contributed by atoms with E-state index in [-0.39, 0.29) is 5.91 Å². The van der Waals surface area contributed by atoms with Crippen molar-refractivity contribution < 1.29 is 13.7 Å². The second kappa shape index (κ2) is 8.35. The summed E-state index contributed by atoms with van der Waals surface area (Å²) in [4.78, 5) is 23.8. The van der Waals surface area contributed by atoms with E-state index >= 15 is 0 Å². The third-order valence-electron chi connectivity index (χ3n) is 6.01. The fourth-order valence-corrected chi connectivity index (χ4v) is 4.28. The first kappa shape index (κ1) is 21.0. The number of nitrogens with zero attached hydrogens (tertiary/aromatic N) is 7. The molecule has 4 aromatic heterocycles. The quantitative estimate of drug-likeness (QED) is 0.397. The molecule has 11 nitrogen and oxygen atoms in total. The lowest BCUT2D eigenvalue weighted by atomic mass is 10.1. The summed E-state index contributed by atoms with van der Waals surface area (Å²) in [6.07, 6.45) is 3.65. The van der Waals surface area contributed by atoms with Crippen molar-refractivity contribution >= 4 is 22.5 Å². The molecule has 1 amide bonds. The van der Waals surface area contributed by atoms with Crippen LogP contribution >= 0.6 is 0 Å². The van der Waals surface area contributed by atoms with Crippen molar-refractivity contribution in [2.75, 3.05) is 25.0 Å². The van der Waals surface area contributed by atoms with Crippen LogP contribution in [0.5, 0.6) is 0 Å². The Morgan fingerprint density at radius 1 is 1.06 bits per heavy atom. The predicted octanol–water partition coefficient (Wildman–Crippen LogP) is 3.32. The van der Waals surface area contributed by atoms with Crippen molar-refractivity contribution in [2.45, 2.75) is 20.4 Å². The van der Waals surface area contributed by atoms with Gasteiger partial charge in [0.2, 0.25) is 23.5 Å². The average molecular weight is 470 g/mol. The molecule has 1 N–H and O–H groups in total. The van der Waals surface area contributed by atoms with Gasteiger partial charge < -0.3 is 23.7 Å². The molecule has 1 aliphatic rings. The van der Waals surface area contributed by atoms with Crippen molar-refractivity contribution in [3.8, 4) is 22.8 Å². The molecule has 5 heterocycles. The second-order valence-corrected chi connectivity index (χ2v) is 8.39. The van der Waals surface area contributed by atoms with Gasteiger partial charge in [-0.25, -0.2) is 4.98 Å². The number of carbonyl (C=O) groups excluding carboxylic acids is 1. The SMILES string of the molecule is Cc1nc(-c2ccc3ccnc(NCCN4CCn5cc(-c6nnc(C)o6)cc5C4=O)c3c2)no1. The smallest absolute Gasteiger partial charge is 0.270 e. The molecule has 0 bridgehead atoms. The number of hydrogen-bond donors (Lipinski definition) is 1. The standard InChI is InChI=1S/C24H22N8O3/c1-14-27-21(30-35-14)17-4-3-16-5-6-25-22(19(16)11-17)26-7-8-31-9-10-32-13-18(12-20(32)24(31)33)23-29-28-15(2)34-23/h3-6,11-13H,7-10H2,1-2H3,(H,25,26). The number of nitrogens with one attached hydrogen (secondary N) is 1. The Labute approximate surface area is 199 Å². The third-order valence-corrected chi connectivity index (χ3v) is 6.01. The molecule has 0 radical (unpaired) electrons. The maximum absolute atomic E-state index is 13.1. The molecule has 5 aromatic rings. The highest BCUT2D eigenvalue weighted by Gasteiger charge is 2.26. The first-order chi connectivity index (χ1) is 17.0. The summed E-state index contributed by atoms with van der Waals surface area (Å²) in [7, 11) is 0. The number of hydrogen-bond acceptors (Lipinski definition) is 9. The molecule has 0 unspecified atom stereocenters. The van der Waals surface area contributed by atoms with Gasteiger partial charge in [-0.3, -0.25) is 4.79 Å². The molecule has 0 saturated carbocycles. The van der Waals surface area contributed by atoms with Crippen molar-refractivity contribution in [2.24, 2.45) is 0 Å². The van der Waals surface area contributed by atoms with Gasteiger partial charge in [-0.2, -0.15) is 4.98 Å². The van der Waals surface area contributed by atoms with E-state index in [2.05, 4.69) is 30.6 Å². The maximum atomic E-state index is 13.1. The van der Waals surface area contributed by atoms with Gasteiger partial charge in [0.25, 0.3) is 5.91 Å². The molecule has 0 fully saturated rings. The first-order valence-corrected chi connectivity index (χ1v) is 11.3. The number of rotatable bonds is 6. The number of amides is 1. The number of carbonyl (C=O) groups is 1. The van der Waals surface area contributed by atoms with Gasteiger partial charge in [-0.05, 0) is 23.6 Å². The van der Waals surface area contributed by atoms with E-state index in [9.17, 15) is 4.79 Å². The minimum atomic E-state index is -0.0267. The Bertz CT molecular complexity index is 1550. The van der Waals surface area contributed by atoms with Crippen LogP contribution in [-0.4, -0.2) is 60.3 Å². The van der Waals surface area contributed by atoms with E-state index in [1.165, 1.54) is 0 Å². The van der Waals surface area contributed by atoms with Crippen LogP contribution in [0.3, 0.4) is 0 Å². The summed E-state index contributed by atoms with van der Waals surface area (Å²) in [5.74, 6) is 2.68. The zero-order valence-electron chi connectivity index (χ0n) is 19.2. The van der Waals surface area contributed by atoms with Gasteiger partial charge in [-0.15, -0.1) is 10.2 Å². The topological polar surface area (TPSA) is 128 Å². The van der Waals surface area contributed by atoms with Crippen molar-refractivity contribution in [3.63, 3.8) is 0 Å². The number of anilines is 1. The van der Waals surface area contributed by atoms with Crippen LogP contribution in [0, 0.1) is 13.8 Å². The number of fused-ring (bicyclic) bond motifs is 2. The lowest BCUT2D eigenvalue weighted by molar-refractivity contribution is 0.0712. The van der Waals surface area contributed by atoms with Crippen LogP contribution in [0.25, 0.3) is 33.6 Å². The highest BCUT2D eigenvalue weighted by atomic mass is 16.5. The minimum absolute atomic E-state index is 0.0267. The zero-order chi connectivity index (χ0) is 23.9. The van der Waals surface area contributed by atoms with Gasteiger partial charge in [0.1, 0.15) is 11.5 Å². The van der Waals surface area contributed by atoms with E-state index in [1.807, 2.05) is 46.0 Å². The van der Waals surface area contributed by atoms with Crippen molar-refractivity contribution in [1.29, 1.82) is 0 Å². The summed E-state index contributed by atoms with van der Waals surface area (Å²) in [5, 5.41) is 17.3. The van der Waals surface area contributed by atoms with Crippen molar-refractivity contribution in [3.05, 3.63) is 60.2 Å². The molecular weight excluding hydrogens is 448 g/mol. The van der Waals surface area contributed by atoms with Gasteiger partial charge in [0.05, 0.1) is 5.56 Å². The van der Waals surface area contributed by atoms with Crippen LogP contribution in [0.1, 0.15) is 22.3 Å². The molecule has 35 heavy (non-hydrogen) atoms. The molecule has 1 aromatic carbocycles. The molecule has 0 atom stereocenters. The van der Waals surface area contributed by atoms with Gasteiger partial charge >= 0.3 is 0 Å². The molecule has 0 aliphatic carbocycles. The largest absolute Gasteiger partial charge is 0.421 e. The predicted molar refractivity (Wildman–Crippen MR) is 127 cm³/mol. The second-order valence-electron chi connectivity index (χ2n) is 8.39. The van der Waals surface area contributed by atoms with Crippen LogP contribution in [0.15, 0.2) is 51.7 Å². The third kappa shape index (κ3) is 3.90. The zero-order valence-corrected chi connectivity index (χ0v) is 19.2. The molecule has 176 valence electrons. The van der Waals surface area contributed by atoms with E-state index in [0.717, 1.165) is 27.7 Å².